The van der Waals surface area contributed by atoms with Gasteiger partial charge in [0.25, 0.3) is 0 Å². The summed E-state index contributed by atoms with van der Waals surface area (Å²) in [5.41, 5.74) is 3.49. The van der Waals surface area contributed by atoms with Gasteiger partial charge in [-0.15, -0.1) is 0 Å². The van der Waals surface area contributed by atoms with E-state index >= 15 is 0 Å². The molecular formula is C10H12N4O5S. The lowest BCUT2D eigenvalue weighted by Crippen LogP contribution is -2.41. The zero-order chi connectivity index (χ0) is 15.3. The maximum Gasteiger partial charge on any atom is 0.346 e. The van der Waals surface area contributed by atoms with E-state index in [0.717, 1.165) is 11.8 Å². The van der Waals surface area contributed by atoms with Crippen LogP contribution in [0.3, 0.4) is 0 Å². The Bertz CT molecular complexity index is 612. The Morgan fingerprint density at radius 3 is 2.55 bits per heavy atom. The summed E-state index contributed by atoms with van der Waals surface area (Å²) < 4.78 is 0. The molecule has 0 spiro atoms. The quantitative estimate of drug-likeness (QED) is 0.318. The number of nitrogens with one attached hydrogen (secondary N) is 3. The van der Waals surface area contributed by atoms with Gasteiger partial charge in [0.15, 0.2) is 0 Å². The van der Waals surface area contributed by atoms with E-state index in [-0.39, 0.29) is 22.0 Å². The van der Waals surface area contributed by atoms with Crippen LogP contribution in [0.1, 0.15) is 23.0 Å². The van der Waals surface area contributed by atoms with Gasteiger partial charge in [0, 0.05) is 12.6 Å². The zero-order valence-electron chi connectivity index (χ0n) is 10.6. The molecule has 1 rings (SSSR count). The van der Waals surface area contributed by atoms with Crippen molar-refractivity contribution in [3.63, 3.8) is 0 Å². The summed E-state index contributed by atoms with van der Waals surface area (Å²) in [6.07, 6.45) is 0. The maximum absolute atomic E-state index is 11.4. The number of aromatic amines is 1. The number of amides is 2. The summed E-state index contributed by atoms with van der Waals surface area (Å²) in [7, 11) is 0. The molecule has 0 radical (unpaired) electrons. The highest BCUT2D eigenvalue weighted by Crippen LogP contribution is 2.20. The number of H-pyrrole nitrogens is 1. The molecule has 0 aliphatic carbocycles. The minimum absolute atomic E-state index is 0.0586. The number of hydrazine groups is 1. The summed E-state index contributed by atoms with van der Waals surface area (Å²) in [6.45, 7) is 2.64. The van der Waals surface area contributed by atoms with Crippen molar-refractivity contribution >= 4 is 29.5 Å². The summed E-state index contributed by atoms with van der Waals surface area (Å²) in [4.78, 5) is 50.0. The Hall–Kier alpha value is -2.36. The smallest absolute Gasteiger partial charge is 0.346 e. The first-order chi connectivity index (χ1) is 9.31. The van der Waals surface area contributed by atoms with Crippen molar-refractivity contribution in [2.75, 3.05) is 5.75 Å². The van der Waals surface area contributed by atoms with Crippen molar-refractivity contribution in [2.45, 2.75) is 18.9 Å². The first-order valence-electron chi connectivity index (χ1n) is 5.33. The van der Waals surface area contributed by atoms with E-state index in [1.165, 1.54) is 13.8 Å². The highest BCUT2D eigenvalue weighted by atomic mass is 32.2. The molecule has 0 aliphatic heterocycles. The molecule has 0 atom stereocenters. The van der Waals surface area contributed by atoms with E-state index in [9.17, 15) is 19.2 Å². The Labute approximate surface area is 117 Å². The molecule has 9 nitrogen and oxygen atoms in total. The highest BCUT2D eigenvalue weighted by Gasteiger charge is 2.18. The van der Waals surface area contributed by atoms with Gasteiger partial charge >= 0.3 is 11.7 Å². The van der Waals surface area contributed by atoms with Crippen LogP contribution in [-0.2, 0) is 9.59 Å². The molecule has 20 heavy (non-hydrogen) atoms. The average molecular weight is 300 g/mol. The van der Waals surface area contributed by atoms with Crippen LogP contribution in [0.2, 0.25) is 0 Å². The fourth-order valence-electron chi connectivity index (χ4n) is 1.24. The summed E-state index contributed by atoms with van der Waals surface area (Å²) in [6, 6.07) is 0. The van der Waals surface area contributed by atoms with E-state index in [2.05, 4.69) is 20.8 Å². The fourth-order valence-corrected chi connectivity index (χ4v) is 2.12. The molecule has 0 bridgehead atoms. The van der Waals surface area contributed by atoms with Gasteiger partial charge in [0.2, 0.25) is 11.8 Å². The molecule has 4 N–H and O–H groups in total. The molecule has 0 aliphatic rings. The second-order valence-electron chi connectivity index (χ2n) is 3.67. The van der Waals surface area contributed by atoms with Gasteiger partial charge in [-0.05, 0) is 6.92 Å². The normalized spacial score (nSPS) is 9.90. The number of aromatic carboxylic acids is 1. The van der Waals surface area contributed by atoms with Gasteiger partial charge in [0.05, 0.1) is 5.75 Å². The van der Waals surface area contributed by atoms with Gasteiger partial charge in [0.1, 0.15) is 10.6 Å². The van der Waals surface area contributed by atoms with Crippen molar-refractivity contribution in [2.24, 2.45) is 0 Å². The molecule has 10 heteroatoms. The van der Waals surface area contributed by atoms with E-state index in [0.29, 0.717) is 0 Å². The van der Waals surface area contributed by atoms with E-state index in [4.69, 9.17) is 5.11 Å². The van der Waals surface area contributed by atoms with Gasteiger partial charge in [-0.2, -0.15) is 4.98 Å². The van der Waals surface area contributed by atoms with Crippen LogP contribution in [-0.4, -0.2) is 38.6 Å². The number of carboxylic acids is 1. The fraction of sp³-hybridized carbons (Fsp3) is 0.300. The average Bonchev–Trinajstić information content (AvgIpc) is 2.32. The number of thioether (sulfide) groups is 1. The lowest BCUT2D eigenvalue weighted by molar-refractivity contribution is -0.126. The first kappa shape index (κ1) is 15.7. The number of aryl methyl sites for hydroxylation is 1. The Morgan fingerprint density at radius 1 is 1.35 bits per heavy atom. The van der Waals surface area contributed by atoms with Crippen molar-refractivity contribution in [1.82, 2.24) is 20.8 Å². The molecule has 2 amide bonds. The summed E-state index contributed by atoms with van der Waals surface area (Å²) in [5.74, 6) is -2.45. The molecule has 108 valence electrons. The third kappa shape index (κ3) is 4.39. The maximum atomic E-state index is 11.4. The number of carbonyl (C=O) groups is 3. The summed E-state index contributed by atoms with van der Waals surface area (Å²) >= 11 is 0.788. The minimum atomic E-state index is -1.25. The first-order valence-corrected chi connectivity index (χ1v) is 6.32. The number of hydrogen-bond acceptors (Lipinski definition) is 6. The van der Waals surface area contributed by atoms with Crippen LogP contribution in [0, 0.1) is 6.92 Å². The number of carbonyl (C=O) groups excluding carboxylic acids is 2. The van der Waals surface area contributed by atoms with Crippen LogP contribution in [0.15, 0.2) is 9.82 Å². The zero-order valence-corrected chi connectivity index (χ0v) is 11.5. The highest BCUT2D eigenvalue weighted by molar-refractivity contribution is 8.00. The van der Waals surface area contributed by atoms with Crippen molar-refractivity contribution in [3.8, 4) is 0 Å². The van der Waals surface area contributed by atoms with Crippen molar-refractivity contribution in [1.29, 1.82) is 0 Å². The predicted molar refractivity (Wildman–Crippen MR) is 69.2 cm³/mol. The van der Waals surface area contributed by atoms with E-state index in [1.54, 1.807) is 0 Å². The third-order valence-electron chi connectivity index (χ3n) is 2.02. The monoisotopic (exact) mass is 300 g/mol. The molecule has 1 aromatic heterocycles. The van der Waals surface area contributed by atoms with Crippen LogP contribution in [0.4, 0.5) is 0 Å². The molecule has 0 unspecified atom stereocenters. The Balaban J connectivity index is 2.82. The summed E-state index contributed by atoms with van der Waals surface area (Å²) in [5, 5.41) is 8.99. The standard InChI is InChI=1S/C10H12N4O5S/c1-4-7(9(17)18)8(12-10(19)11-4)20-3-6(16)14-13-5(2)15/h3H2,1-2H3,(H,13,15)(H,14,16)(H,17,18)(H,11,12,19). The van der Waals surface area contributed by atoms with E-state index < -0.39 is 23.5 Å². The molecule has 0 saturated heterocycles. The Kier molecular flexibility index (Phi) is 5.26. The molecule has 0 fully saturated rings. The number of nitrogens with zero attached hydrogens (tertiary/aromatic N) is 1. The minimum Gasteiger partial charge on any atom is -0.478 e. The van der Waals surface area contributed by atoms with Crippen LogP contribution >= 0.6 is 11.8 Å². The molecule has 1 aromatic rings. The largest absolute Gasteiger partial charge is 0.478 e. The number of hydrogen-bond donors (Lipinski definition) is 4. The Morgan fingerprint density at radius 2 is 2.00 bits per heavy atom. The topological polar surface area (TPSA) is 141 Å². The van der Waals surface area contributed by atoms with Crippen LogP contribution in [0.5, 0.6) is 0 Å². The predicted octanol–water partition coefficient (Wildman–Crippen LogP) is -0.964. The number of rotatable bonds is 4. The van der Waals surface area contributed by atoms with Gasteiger partial charge in [-0.1, -0.05) is 11.8 Å². The number of aromatic nitrogens is 2. The molecule has 0 saturated carbocycles. The lowest BCUT2D eigenvalue weighted by Gasteiger charge is -2.07. The number of carboxylic acid groups (broad SMARTS) is 1. The van der Waals surface area contributed by atoms with Crippen LogP contribution < -0.4 is 16.5 Å². The van der Waals surface area contributed by atoms with Crippen molar-refractivity contribution in [3.05, 3.63) is 21.7 Å². The van der Waals surface area contributed by atoms with Gasteiger partial charge in [-0.3, -0.25) is 20.4 Å². The lowest BCUT2D eigenvalue weighted by atomic mass is 10.2. The van der Waals surface area contributed by atoms with E-state index in [1.807, 2.05) is 0 Å². The second-order valence-corrected chi connectivity index (χ2v) is 4.63. The SMILES string of the molecule is CC(=O)NNC(=O)CSc1nc(=O)[nH]c(C)c1C(=O)O. The van der Waals surface area contributed by atoms with Gasteiger partial charge in [-0.25, -0.2) is 9.59 Å². The van der Waals surface area contributed by atoms with Gasteiger partial charge < -0.3 is 10.1 Å². The molecule has 1 heterocycles. The molecular weight excluding hydrogens is 288 g/mol. The van der Waals surface area contributed by atoms with Crippen molar-refractivity contribution < 1.29 is 19.5 Å². The van der Waals surface area contributed by atoms with Crippen LogP contribution in [0.25, 0.3) is 0 Å². The molecule has 0 aromatic carbocycles. The third-order valence-corrected chi connectivity index (χ3v) is 2.99. The second kappa shape index (κ2) is 6.70.